The van der Waals surface area contributed by atoms with Crippen molar-refractivity contribution in [2.24, 2.45) is 0 Å². The van der Waals surface area contributed by atoms with E-state index in [0.29, 0.717) is 25.8 Å². The number of hydrogen-bond acceptors (Lipinski definition) is 4. The Morgan fingerprint density at radius 2 is 1.93 bits per heavy atom. The lowest BCUT2D eigenvalue weighted by Gasteiger charge is -2.30. The normalized spacial score (nSPS) is 22.2. The lowest BCUT2D eigenvalue weighted by molar-refractivity contribution is -0.122. The summed E-state index contributed by atoms with van der Waals surface area (Å²) in [4.78, 5) is 26.8. The van der Waals surface area contributed by atoms with Crippen molar-refractivity contribution < 1.29 is 14.3 Å². The first-order valence-electron chi connectivity index (χ1n) is 11.0. The molecule has 0 bridgehead atoms. The number of carbonyl (C=O) groups excluding carboxylic acids is 2. The summed E-state index contributed by atoms with van der Waals surface area (Å²) in [6, 6.07) is 14.7. The maximum atomic E-state index is 12.5. The van der Waals surface area contributed by atoms with Gasteiger partial charge in [-0.3, -0.25) is 14.5 Å². The van der Waals surface area contributed by atoms with E-state index < -0.39 is 0 Å². The minimum absolute atomic E-state index is 0.0571. The quantitative estimate of drug-likeness (QED) is 0.702. The zero-order valence-electron chi connectivity index (χ0n) is 17.5. The molecule has 2 aliphatic rings. The fourth-order valence-corrected chi connectivity index (χ4v) is 4.61. The lowest BCUT2D eigenvalue weighted by atomic mass is 9.83. The van der Waals surface area contributed by atoms with E-state index in [2.05, 4.69) is 45.9 Å². The van der Waals surface area contributed by atoms with Crippen LogP contribution in [0.15, 0.2) is 42.5 Å². The molecule has 0 saturated carbocycles. The van der Waals surface area contributed by atoms with Crippen LogP contribution in [0.3, 0.4) is 0 Å². The van der Waals surface area contributed by atoms with Gasteiger partial charge in [-0.2, -0.15) is 0 Å². The SMILES string of the molecule is O=C(CC[C@]1(Cc2cccc3ccccc23)CCC(=O)N1)NCCN1CCOCC1. The van der Waals surface area contributed by atoms with E-state index in [1.54, 1.807) is 0 Å². The number of hydrogen-bond donors (Lipinski definition) is 2. The van der Waals surface area contributed by atoms with Crippen molar-refractivity contribution >= 4 is 22.6 Å². The molecule has 2 heterocycles. The lowest BCUT2D eigenvalue weighted by Crippen LogP contribution is -2.45. The van der Waals surface area contributed by atoms with Gasteiger partial charge < -0.3 is 15.4 Å². The predicted octanol–water partition coefficient (Wildman–Crippen LogP) is 2.26. The summed E-state index contributed by atoms with van der Waals surface area (Å²) in [5.74, 6) is 0.143. The Hall–Kier alpha value is -2.44. The zero-order chi connectivity index (χ0) is 20.8. The van der Waals surface area contributed by atoms with Crippen LogP contribution in [-0.2, 0) is 20.7 Å². The van der Waals surface area contributed by atoms with E-state index in [1.807, 2.05) is 12.1 Å². The van der Waals surface area contributed by atoms with E-state index >= 15 is 0 Å². The molecule has 2 amide bonds. The average Bonchev–Trinajstić information content (AvgIpc) is 3.14. The molecule has 6 nitrogen and oxygen atoms in total. The second-order valence-corrected chi connectivity index (χ2v) is 8.45. The number of nitrogens with zero attached hydrogens (tertiary/aromatic N) is 1. The van der Waals surface area contributed by atoms with Crippen LogP contribution in [0.1, 0.15) is 31.2 Å². The van der Waals surface area contributed by atoms with E-state index in [0.717, 1.165) is 45.7 Å². The monoisotopic (exact) mass is 409 g/mol. The van der Waals surface area contributed by atoms with E-state index in [4.69, 9.17) is 4.74 Å². The molecular formula is C24H31N3O3. The van der Waals surface area contributed by atoms with Gasteiger partial charge >= 0.3 is 0 Å². The molecule has 4 rings (SSSR count). The van der Waals surface area contributed by atoms with Gasteiger partial charge in [-0.25, -0.2) is 0 Å². The van der Waals surface area contributed by atoms with Gasteiger partial charge in [0.25, 0.3) is 0 Å². The van der Waals surface area contributed by atoms with Gasteiger partial charge in [0, 0.05) is 44.6 Å². The van der Waals surface area contributed by atoms with Crippen LogP contribution in [0.25, 0.3) is 10.8 Å². The summed E-state index contributed by atoms with van der Waals surface area (Å²) in [5, 5.41) is 8.67. The maximum absolute atomic E-state index is 12.5. The maximum Gasteiger partial charge on any atom is 0.220 e. The number of morpholine rings is 1. The van der Waals surface area contributed by atoms with E-state index in [9.17, 15) is 9.59 Å². The number of ether oxygens (including phenoxy) is 1. The fraction of sp³-hybridized carbons (Fsp3) is 0.500. The second-order valence-electron chi connectivity index (χ2n) is 8.45. The highest BCUT2D eigenvalue weighted by Gasteiger charge is 2.38. The van der Waals surface area contributed by atoms with Crippen LogP contribution in [0.4, 0.5) is 0 Å². The molecule has 160 valence electrons. The van der Waals surface area contributed by atoms with Crippen molar-refractivity contribution in [1.82, 2.24) is 15.5 Å². The standard InChI is InChI=1S/C24H31N3O3/c28-22(25-12-13-27-14-16-30-17-15-27)8-10-24(11-9-23(29)26-24)18-20-6-3-5-19-4-1-2-7-21(19)20/h1-7H,8-18H2,(H,25,28)(H,26,29)/t24-/m1/s1. The molecule has 0 spiro atoms. The Bertz CT molecular complexity index is 889. The van der Waals surface area contributed by atoms with Gasteiger partial charge in [0.05, 0.1) is 13.2 Å². The van der Waals surface area contributed by atoms with Crippen LogP contribution in [-0.4, -0.2) is 61.6 Å². The van der Waals surface area contributed by atoms with Crippen molar-refractivity contribution in [3.63, 3.8) is 0 Å². The van der Waals surface area contributed by atoms with Crippen LogP contribution in [0, 0.1) is 0 Å². The van der Waals surface area contributed by atoms with Crippen LogP contribution in [0.2, 0.25) is 0 Å². The van der Waals surface area contributed by atoms with E-state index in [1.165, 1.54) is 16.3 Å². The number of nitrogens with one attached hydrogen (secondary N) is 2. The highest BCUT2D eigenvalue weighted by atomic mass is 16.5. The Morgan fingerprint density at radius 3 is 2.73 bits per heavy atom. The van der Waals surface area contributed by atoms with Gasteiger partial charge in [-0.1, -0.05) is 42.5 Å². The minimum atomic E-state index is -0.344. The summed E-state index contributed by atoms with van der Waals surface area (Å²) < 4.78 is 5.35. The summed E-state index contributed by atoms with van der Waals surface area (Å²) in [6.45, 7) is 4.90. The molecule has 2 aliphatic heterocycles. The van der Waals surface area contributed by atoms with Crippen molar-refractivity contribution in [1.29, 1.82) is 0 Å². The number of fused-ring (bicyclic) bond motifs is 1. The first-order chi connectivity index (χ1) is 14.6. The van der Waals surface area contributed by atoms with E-state index in [-0.39, 0.29) is 17.4 Å². The molecule has 6 heteroatoms. The van der Waals surface area contributed by atoms with Crippen LogP contribution in [0.5, 0.6) is 0 Å². The van der Waals surface area contributed by atoms with Crippen molar-refractivity contribution in [3.8, 4) is 0 Å². The van der Waals surface area contributed by atoms with Crippen LogP contribution < -0.4 is 10.6 Å². The number of amides is 2. The van der Waals surface area contributed by atoms with Crippen LogP contribution >= 0.6 is 0 Å². The molecule has 1 atom stereocenters. The third-order valence-corrected chi connectivity index (χ3v) is 6.33. The minimum Gasteiger partial charge on any atom is -0.379 e. The average molecular weight is 410 g/mol. The molecule has 0 radical (unpaired) electrons. The zero-order valence-corrected chi connectivity index (χ0v) is 17.5. The topological polar surface area (TPSA) is 70.7 Å². The third kappa shape index (κ3) is 5.18. The van der Waals surface area contributed by atoms with Gasteiger partial charge in [0.2, 0.25) is 11.8 Å². The first-order valence-corrected chi connectivity index (χ1v) is 11.0. The summed E-state index contributed by atoms with van der Waals surface area (Å²) in [7, 11) is 0. The molecule has 2 N–H and O–H groups in total. The van der Waals surface area contributed by atoms with Gasteiger partial charge in [0.1, 0.15) is 0 Å². The molecule has 0 unspecified atom stereocenters. The van der Waals surface area contributed by atoms with Crippen molar-refractivity contribution in [2.45, 2.75) is 37.6 Å². The Balaban J connectivity index is 1.35. The molecule has 2 fully saturated rings. The highest BCUT2D eigenvalue weighted by molar-refractivity contribution is 5.86. The summed E-state index contributed by atoms with van der Waals surface area (Å²) in [6.07, 6.45) is 3.14. The molecule has 2 saturated heterocycles. The molecule has 0 aromatic heterocycles. The second kappa shape index (κ2) is 9.58. The molecule has 0 aliphatic carbocycles. The van der Waals surface area contributed by atoms with Gasteiger partial charge in [-0.05, 0) is 35.6 Å². The summed E-state index contributed by atoms with van der Waals surface area (Å²) in [5.41, 5.74) is 0.881. The molecule has 30 heavy (non-hydrogen) atoms. The number of carbonyl (C=O) groups is 2. The molecular weight excluding hydrogens is 378 g/mol. The van der Waals surface area contributed by atoms with Gasteiger partial charge in [-0.15, -0.1) is 0 Å². The van der Waals surface area contributed by atoms with Crippen molar-refractivity contribution in [3.05, 3.63) is 48.0 Å². The fourth-order valence-electron chi connectivity index (χ4n) is 4.61. The van der Waals surface area contributed by atoms with Crippen molar-refractivity contribution in [2.75, 3.05) is 39.4 Å². The van der Waals surface area contributed by atoms with Gasteiger partial charge in [0.15, 0.2) is 0 Å². The number of benzene rings is 2. The summed E-state index contributed by atoms with van der Waals surface area (Å²) >= 11 is 0. The molecule has 2 aromatic carbocycles. The Labute approximate surface area is 178 Å². The Morgan fingerprint density at radius 1 is 1.13 bits per heavy atom. The third-order valence-electron chi connectivity index (χ3n) is 6.33. The molecule has 2 aromatic rings. The Kier molecular flexibility index (Phi) is 6.65. The largest absolute Gasteiger partial charge is 0.379 e. The number of rotatable bonds is 8. The first kappa shape index (κ1) is 20.8. The predicted molar refractivity (Wildman–Crippen MR) is 117 cm³/mol. The smallest absolute Gasteiger partial charge is 0.220 e. The highest BCUT2D eigenvalue weighted by Crippen LogP contribution is 2.32.